The van der Waals surface area contributed by atoms with E-state index in [0.717, 1.165) is 13.0 Å². The third-order valence-corrected chi connectivity index (χ3v) is 4.02. The topological polar surface area (TPSA) is 49.6 Å². The second-order valence-electron chi connectivity index (χ2n) is 5.07. The highest BCUT2D eigenvalue weighted by Crippen LogP contribution is 2.27. The Kier molecular flexibility index (Phi) is 3.69. The maximum atomic E-state index is 12.1. The fourth-order valence-electron chi connectivity index (χ4n) is 2.96. The fourth-order valence-corrected chi connectivity index (χ4v) is 2.96. The molecule has 2 aliphatic rings. The van der Waals surface area contributed by atoms with Crippen molar-refractivity contribution in [2.45, 2.75) is 50.6 Å². The minimum Gasteiger partial charge on any atom is -0.330 e. The highest BCUT2D eigenvalue weighted by molar-refractivity contribution is 5.77. The van der Waals surface area contributed by atoms with E-state index in [-0.39, 0.29) is 6.03 Å². The molecule has 0 radical (unpaired) electrons. The molecule has 2 rings (SSSR count). The molecule has 4 nitrogen and oxygen atoms in total. The molecule has 1 atom stereocenters. The van der Waals surface area contributed by atoms with E-state index >= 15 is 0 Å². The van der Waals surface area contributed by atoms with Crippen LogP contribution in [-0.4, -0.2) is 48.1 Å². The zero-order valence-electron chi connectivity index (χ0n) is 10.2. The molecule has 0 aromatic rings. The van der Waals surface area contributed by atoms with Crippen LogP contribution in [0.3, 0.4) is 0 Å². The van der Waals surface area contributed by atoms with E-state index in [1.807, 2.05) is 11.9 Å². The van der Waals surface area contributed by atoms with Crippen LogP contribution < -0.4 is 5.73 Å². The molecule has 1 saturated heterocycles. The number of carbonyl (C=O) groups is 1. The van der Waals surface area contributed by atoms with E-state index in [2.05, 4.69) is 4.90 Å². The Balaban J connectivity index is 1.97. The van der Waals surface area contributed by atoms with Gasteiger partial charge in [-0.3, -0.25) is 0 Å². The van der Waals surface area contributed by atoms with Gasteiger partial charge in [-0.15, -0.1) is 0 Å². The lowest BCUT2D eigenvalue weighted by atomic mass is 9.94. The minimum absolute atomic E-state index is 0.213. The lowest BCUT2D eigenvalue weighted by Gasteiger charge is -2.30. The molecule has 4 heteroatoms. The van der Waals surface area contributed by atoms with Crippen molar-refractivity contribution in [3.05, 3.63) is 0 Å². The van der Waals surface area contributed by atoms with Gasteiger partial charge in [0.1, 0.15) is 0 Å². The number of hydrogen-bond acceptors (Lipinski definition) is 2. The molecular formula is C12H23N3O. The molecule has 1 aliphatic carbocycles. The monoisotopic (exact) mass is 225 g/mol. The molecule has 1 heterocycles. The SMILES string of the molecule is CN1C(=O)N(C2CCCCC2)CC1CCN. The Bertz CT molecular complexity index is 251. The standard InChI is InChI=1S/C12H23N3O/c1-14-11(7-8-13)9-15(12(14)16)10-5-3-2-4-6-10/h10-11H,2-9,13H2,1H3. The van der Waals surface area contributed by atoms with E-state index in [1.54, 1.807) is 0 Å². The van der Waals surface area contributed by atoms with Crippen molar-refractivity contribution in [1.82, 2.24) is 9.80 Å². The van der Waals surface area contributed by atoms with Crippen LogP contribution in [0, 0.1) is 0 Å². The van der Waals surface area contributed by atoms with Gasteiger partial charge in [0.05, 0.1) is 6.04 Å². The Hall–Kier alpha value is -0.770. The van der Waals surface area contributed by atoms with Crippen molar-refractivity contribution in [2.75, 3.05) is 20.1 Å². The summed E-state index contributed by atoms with van der Waals surface area (Å²) in [6.07, 6.45) is 7.19. The van der Waals surface area contributed by atoms with Crippen molar-refractivity contribution < 1.29 is 4.79 Å². The molecule has 1 saturated carbocycles. The molecule has 1 unspecified atom stereocenters. The Morgan fingerprint density at radius 1 is 1.31 bits per heavy atom. The first-order chi connectivity index (χ1) is 7.74. The Labute approximate surface area is 97.8 Å². The van der Waals surface area contributed by atoms with Gasteiger partial charge in [0.2, 0.25) is 0 Å². The zero-order chi connectivity index (χ0) is 11.5. The normalized spacial score (nSPS) is 27.9. The van der Waals surface area contributed by atoms with Crippen LogP contribution in [0.25, 0.3) is 0 Å². The average molecular weight is 225 g/mol. The van der Waals surface area contributed by atoms with Gasteiger partial charge >= 0.3 is 6.03 Å². The van der Waals surface area contributed by atoms with Crippen LogP contribution in [-0.2, 0) is 0 Å². The Morgan fingerprint density at radius 2 is 2.00 bits per heavy atom. The summed E-state index contributed by atoms with van der Waals surface area (Å²) < 4.78 is 0. The summed E-state index contributed by atoms with van der Waals surface area (Å²) in [6, 6.07) is 1.04. The molecule has 0 aromatic carbocycles. The number of carbonyl (C=O) groups excluding carboxylic acids is 1. The highest BCUT2D eigenvalue weighted by Gasteiger charge is 2.37. The molecule has 1 aliphatic heterocycles. The summed E-state index contributed by atoms with van der Waals surface area (Å²) in [4.78, 5) is 16.1. The third-order valence-electron chi connectivity index (χ3n) is 4.02. The number of urea groups is 1. The quantitative estimate of drug-likeness (QED) is 0.789. The maximum Gasteiger partial charge on any atom is 0.320 e. The van der Waals surface area contributed by atoms with Crippen LogP contribution >= 0.6 is 0 Å². The fraction of sp³-hybridized carbons (Fsp3) is 0.917. The molecular weight excluding hydrogens is 202 g/mol. The predicted octanol–water partition coefficient (Wildman–Crippen LogP) is 1.40. The van der Waals surface area contributed by atoms with Crippen LogP contribution in [0.1, 0.15) is 38.5 Å². The van der Waals surface area contributed by atoms with Crippen LogP contribution in [0.5, 0.6) is 0 Å². The molecule has 2 fully saturated rings. The lowest BCUT2D eigenvalue weighted by molar-refractivity contribution is 0.167. The summed E-state index contributed by atoms with van der Waals surface area (Å²) in [5.74, 6) is 0. The second kappa shape index (κ2) is 5.04. The molecule has 2 amide bonds. The molecule has 0 spiro atoms. The van der Waals surface area contributed by atoms with Crippen LogP contribution in [0.2, 0.25) is 0 Å². The third kappa shape index (κ3) is 2.17. The Morgan fingerprint density at radius 3 is 2.62 bits per heavy atom. The van der Waals surface area contributed by atoms with Crippen molar-refractivity contribution in [3.8, 4) is 0 Å². The summed E-state index contributed by atoms with van der Waals surface area (Å²) in [7, 11) is 1.91. The smallest absolute Gasteiger partial charge is 0.320 e. The van der Waals surface area contributed by atoms with Gasteiger partial charge in [-0.2, -0.15) is 0 Å². The number of nitrogens with zero attached hydrogens (tertiary/aromatic N) is 2. The molecule has 92 valence electrons. The number of hydrogen-bond donors (Lipinski definition) is 1. The van der Waals surface area contributed by atoms with Gasteiger partial charge in [0, 0.05) is 19.6 Å². The molecule has 0 bridgehead atoms. The van der Waals surface area contributed by atoms with E-state index in [4.69, 9.17) is 5.73 Å². The van der Waals surface area contributed by atoms with E-state index < -0.39 is 0 Å². The van der Waals surface area contributed by atoms with Gasteiger partial charge in [0.15, 0.2) is 0 Å². The zero-order valence-corrected chi connectivity index (χ0v) is 10.2. The molecule has 2 N–H and O–H groups in total. The number of nitrogens with two attached hydrogens (primary N) is 1. The van der Waals surface area contributed by atoms with E-state index in [9.17, 15) is 4.79 Å². The van der Waals surface area contributed by atoms with E-state index in [0.29, 0.717) is 18.6 Å². The van der Waals surface area contributed by atoms with Gasteiger partial charge in [0.25, 0.3) is 0 Å². The minimum atomic E-state index is 0.213. The molecule has 16 heavy (non-hydrogen) atoms. The van der Waals surface area contributed by atoms with Crippen molar-refractivity contribution >= 4 is 6.03 Å². The van der Waals surface area contributed by atoms with Crippen molar-refractivity contribution in [2.24, 2.45) is 5.73 Å². The average Bonchev–Trinajstić information content (AvgIpc) is 2.59. The van der Waals surface area contributed by atoms with Crippen LogP contribution in [0.4, 0.5) is 4.79 Å². The van der Waals surface area contributed by atoms with Crippen molar-refractivity contribution in [3.63, 3.8) is 0 Å². The summed E-state index contributed by atoms with van der Waals surface area (Å²) in [5, 5.41) is 0. The van der Waals surface area contributed by atoms with Gasteiger partial charge in [-0.1, -0.05) is 19.3 Å². The van der Waals surface area contributed by atoms with Gasteiger partial charge in [-0.25, -0.2) is 4.79 Å². The first-order valence-corrected chi connectivity index (χ1v) is 6.47. The first kappa shape index (κ1) is 11.7. The number of rotatable bonds is 3. The highest BCUT2D eigenvalue weighted by atomic mass is 16.2. The number of likely N-dealkylation sites (N-methyl/N-ethyl adjacent to an activating group) is 1. The predicted molar refractivity (Wildman–Crippen MR) is 64.2 cm³/mol. The first-order valence-electron chi connectivity index (χ1n) is 6.47. The summed E-state index contributed by atoms with van der Waals surface area (Å²) >= 11 is 0. The molecule has 0 aromatic heterocycles. The van der Waals surface area contributed by atoms with E-state index in [1.165, 1.54) is 32.1 Å². The van der Waals surface area contributed by atoms with Gasteiger partial charge in [-0.05, 0) is 25.8 Å². The lowest BCUT2D eigenvalue weighted by Crippen LogP contribution is -2.39. The summed E-state index contributed by atoms with van der Waals surface area (Å²) in [5.41, 5.74) is 5.58. The summed E-state index contributed by atoms with van der Waals surface area (Å²) in [6.45, 7) is 1.55. The largest absolute Gasteiger partial charge is 0.330 e. The second-order valence-corrected chi connectivity index (χ2v) is 5.07. The van der Waals surface area contributed by atoms with Crippen molar-refractivity contribution in [1.29, 1.82) is 0 Å². The number of amides is 2. The van der Waals surface area contributed by atoms with Crippen LogP contribution in [0.15, 0.2) is 0 Å². The maximum absolute atomic E-state index is 12.1. The van der Waals surface area contributed by atoms with Gasteiger partial charge < -0.3 is 15.5 Å².